The molecule has 2 aromatic carbocycles. The molecular weight excluding hydrogens is 347 g/mol. The van der Waals surface area contributed by atoms with E-state index in [9.17, 15) is 14.3 Å². The number of halogens is 1. The molecular formula is C22H25FO4. The molecule has 0 atom stereocenters. The Bertz CT molecular complexity index is 802. The maximum Gasteiger partial charge on any atom is 0.332 e. The average molecular weight is 372 g/mol. The highest BCUT2D eigenvalue weighted by atomic mass is 19.1. The summed E-state index contributed by atoms with van der Waals surface area (Å²) in [5.41, 5.74) is 1.77. The fraction of sp³-hybridized carbons (Fsp3) is 0.409. The van der Waals surface area contributed by atoms with E-state index in [0.717, 1.165) is 24.0 Å². The van der Waals surface area contributed by atoms with Crippen LogP contribution in [0.1, 0.15) is 45.1 Å². The van der Waals surface area contributed by atoms with Gasteiger partial charge in [-0.05, 0) is 68.9 Å². The molecule has 0 heterocycles. The Kier molecular flexibility index (Phi) is 5.51. The average Bonchev–Trinajstić information content (AvgIpc) is 2.54. The van der Waals surface area contributed by atoms with Crippen LogP contribution in [-0.4, -0.2) is 29.4 Å². The Morgan fingerprint density at radius 3 is 2.44 bits per heavy atom. The van der Waals surface area contributed by atoms with Gasteiger partial charge in [-0.15, -0.1) is 0 Å². The van der Waals surface area contributed by atoms with Crippen molar-refractivity contribution >= 4 is 5.97 Å². The molecule has 0 aromatic heterocycles. The molecule has 5 heteroatoms. The van der Waals surface area contributed by atoms with Gasteiger partial charge in [0.05, 0.1) is 6.10 Å². The van der Waals surface area contributed by atoms with Gasteiger partial charge in [-0.25, -0.2) is 9.18 Å². The first kappa shape index (κ1) is 19.4. The van der Waals surface area contributed by atoms with Crippen LogP contribution in [-0.2, 0) is 14.3 Å². The van der Waals surface area contributed by atoms with Gasteiger partial charge >= 0.3 is 5.97 Å². The Balaban J connectivity index is 1.51. The molecule has 1 fully saturated rings. The normalized spacial score (nSPS) is 19.4. The van der Waals surface area contributed by atoms with Crippen LogP contribution in [0.3, 0.4) is 0 Å². The molecule has 2 aromatic rings. The van der Waals surface area contributed by atoms with Crippen LogP contribution in [0.15, 0.2) is 42.5 Å². The van der Waals surface area contributed by atoms with Crippen molar-refractivity contribution in [3.63, 3.8) is 0 Å². The minimum absolute atomic E-state index is 0.0234. The van der Waals surface area contributed by atoms with Crippen molar-refractivity contribution in [1.82, 2.24) is 0 Å². The number of carbonyl (C=O) groups excluding carboxylic acids is 1. The Labute approximate surface area is 158 Å². The van der Waals surface area contributed by atoms with Crippen LogP contribution in [0.2, 0.25) is 0 Å². The topological polar surface area (TPSA) is 55.8 Å². The molecule has 3 rings (SSSR count). The van der Waals surface area contributed by atoms with E-state index in [1.165, 1.54) is 18.2 Å². The summed E-state index contributed by atoms with van der Waals surface area (Å²) >= 11 is 0. The fourth-order valence-corrected chi connectivity index (χ4v) is 3.20. The molecule has 0 amide bonds. The van der Waals surface area contributed by atoms with E-state index in [2.05, 4.69) is 0 Å². The van der Waals surface area contributed by atoms with E-state index in [4.69, 9.17) is 9.47 Å². The summed E-state index contributed by atoms with van der Waals surface area (Å²) in [6.07, 6.45) is 1.76. The first-order valence-electron chi connectivity index (χ1n) is 9.13. The zero-order valence-corrected chi connectivity index (χ0v) is 15.9. The molecule has 1 N–H and O–H groups in total. The van der Waals surface area contributed by atoms with Gasteiger partial charge in [0.25, 0.3) is 0 Å². The van der Waals surface area contributed by atoms with E-state index in [-0.39, 0.29) is 30.2 Å². The maximum atomic E-state index is 13.9. The van der Waals surface area contributed by atoms with Gasteiger partial charge in [-0.3, -0.25) is 0 Å². The first-order chi connectivity index (χ1) is 12.7. The van der Waals surface area contributed by atoms with Crippen molar-refractivity contribution in [2.24, 2.45) is 0 Å². The van der Waals surface area contributed by atoms with Gasteiger partial charge in [-0.1, -0.05) is 24.3 Å². The number of benzene rings is 2. The molecule has 0 saturated heterocycles. The summed E-state index contributed by atoms with van der Waals surface area (Å²) in [4.78, 5) is 11.7. The van der Waals surface area contributed by atoms with Gasteiger partial charge in [0.1, 0.15) is 23.8 Å². The molecule has 0 radical (unpaired) electrons. The van der Waals surface area contributed by atoms with Gasteiger partial charge in [0.2, 0.25) is 0 Å². The molecule has 0 bridgehead atoms. The number of esters is 1. The van der Waals surface area contributed by atoms with Crippen LogP contribution < -0.4 is 0 Å². The van der Waals surface area contributed by atoms with E-state index >= 15 is 0 Å². The number of carbonyl (C=O) groups is 1. The summed E-state index contributed by atoms with van der Waals surface area (Å²) in [5.74, 6) is -0.292. The van der Waals surface area contributed by atoms with E-state index in [1.807, 2.05) is 45.0 Å². The third-order valence-electron chi connectivity index (χ3n) is 4.59. The number of aromatic hydroxyl groups is 1. The number of phenolic OH excluding ortho intramolecular Hbond substituents is 1. The summed E-state index contributed by atoms with van der Waals surface area (Å²) in [6.45, 7) is 5.47. The highest BCUT2D eigenvalue weighted by Crippen LogP contribution is 2.39. The molecule has 0 aliphatic heterocycles. The number of ether oxygens (including phenoxy) is 2. The van der Waals surface area contributed by atoms with Crippen LogP contribution in [0, 0.1) is 5.82 Å². The lowest BCUT2D eigenvalue weighted by Gasteiger charge is -2.35. The molecule has 27 heavy (non-hydrogen) atoms. The Morgan fingerprint density at radius 2 is 1.81 bits per heavy atom. The lowest BCUT2D eigenvalue weighted by Crippen LogP contribution is -2.33. The molecule has 1 aliphatic rings. The van der Waals surface area contributed by atoms with Crippen molar-refractivity contribution in [2.75, 3.05) is 6.61 Å². The lowest BCUT2D eigenvalue weighted by molar-refractivity contribution is -0.164. The summed E-state index contributed by atoms with van der Waals surface area (Å²) in [7, 11) is 0. The van der Waals surface area contributed by atoms with E-state index in [0.29, 0.717) is 11.5 Å². The van der Waals surface area contributed by atoms with Crippen LogP contribution in [0.25, 0.3) is 11.1 Å². The third-order valence-corrected chi connectivity index (χ3v) is 4.59. The highest BCUT2D eigenvalue weighted by molar-refractivity contribution is 5.71. The van der Waals surface area contributed by atoms with Crippen molar-refractivity contribution < 1.29 is 23.8 Å². The smallest absolute Gasteiger partial charge is 0.332 e. The van der Waals surface area contributed by atoms with Gasteiger partial charge in [-0.2, -0.15) is 0 Å². The Morgan fingerprint density at radius 1 is 1.15 bits per heavy atom. The molecule has 4 nitrogen and oxygen atoms in total. The quantitative estimate of drug-likeness (QED) is 0.766. The molecule has 144 valence electrons. The standard InChI is InChI=1S/C22H25FO4/c1-22(2,3)27-21(25)13-26-18-10-16(11-18)14-4-6-15(7-5-14)19-12-17(24)8-9-20(19)23/h4-9,12,16,18,24H,10-11,13H2,1-3H3. The summed E-state index contributed by atoms with van der Waals surface area (Å²) < 4.78 is 24.8. The van der Waals surface area contributed by atoms with Crippen molar-refractivity contribution in [1.29, 1.82) is 0 Å². The second-order valence-electron chi connectivity index (χ2n) is 7.97. The summed E-state index contributed by atoms with van der Waals surface area (Å²) in [5, 5.41) is 9.56. The second kappa shape index (κ2) is 7.69. The number of rotatable bonds is 5. The second-order valence-corrected chi connectivity index (χ2v) is 7.97. The van der Waals surface area contributed by atoms with Crippen LogP contribution >= 0.6 is 0 Å². The predicted molar refractivity (Wildman–Crippen MR) is 101 cm³/mol. The summed E-state index contributed by atoms with van der Waals surface area (Å²) in [6, 6.07) is 11.7. The molecule has 0 spiro atoms. The largest absolute Gasteiger partial charge is 0.508 e. The van der Waals surface area contributed by atoms with Crippen LogP contribution in [0.4, 0.5) is 4.39 Å². The number of hydrogen-bond donors (Lipinski definition) is 1. The van der Waals surface area contributed by atoms with E-state index < -0.39 is 5.60 Å². The van der Waals surface area contributed by atoms with Crippen molar-refractivity contribution in [3.05, 3.63) is 53.8 Å². The zero-order chi connectivity index (χ0) is 19.6. The van der Waals surface area contributed by atoms with Gasteiger partial charge in [0.15, 0.2) is 0 Å². The minimum Gasteiger partial charge on any atom is -0.508 e. The zero-order valence-electron chi connectivity index (χ0n) is 15.9. The lowest BCUT2D eigenvalue weighted by atomic mass is 9.77. The highest BCUT2D eigenvalue weighted by Gasteiger charge is 2.32. The third kappa shape index (κ3) is 5.07. The Hall–Kier alpha value is -2.40. The SMILES string of the molecule is CC(C)(C)OC(=O)COC1CC(c2ccc(-c3cc(O)ccc3F)cc2)C1. The molecule has 1 saturated carbocycles. The van der Waals surface area contributed by atoms with Crippen LogP contribution in [0.5, 0.6) is 5.75 Å². The predicted octanol–water partition coefficient (Wildman–Crippen LogP) is 4.80. The van der Waals surface area contributed by atoms with Crippen molar-refractivity contribution in [2.45, 2.75) is 51.2 Å². The monoisotopic (exact) mass is 372 g/mol. The molecule has 1 aliphatic carbocycles. The number of phenols is 1. The maximum absolute atomic E-state index is 13.9. The van der Waals surface area contributed by atoms with Gasteiger partial charge in [0, 0.05) is 5.56 Å². The molecule has 0 unspecified atom stereocenters. The van der Waals surface area contributed by atoms with Gasteiger partial charge < -0.3 is 14.6 Å². The minimum atomic E-state index is -0.501. The first-order valence-corrected chi connectivity index (χ1v) is 9.13. The fourth-order valence-electron chi connectivity index (χ4n) is 3.20. The van der Waals surface area contributed by atoms with E-state index in [1.54, 1.807) is 0 Å². The van der Waals surface area contributed by atoms with Crippen molar-refractivity contribution in [3.8, 4) is 16.9 Å². The number of hydrogen-bond acceptors (Lipinski definition) is 4.